The molecule has 3 aromatic rings. The van der Waals surface area contributed by atoms with Gasteiger partial charge >= 0.3 is 0 Å². The zero-order valence-corrected chi connectivity index (χ0v) is 19.6. The van der Waals surface area contributed by atoms with E-state index in [-0.39, 0.29) is 18.3 Å². The van der Waals surface area contributed by atoms with Gasteiger partial charge in [-0.2, -0.15) is 0 Å². The standard InChI is InChI=1S/C27H27N3O2.ClH/c1-30-18-17-28-24(23-8-4-5-9-25(23)30)16-13-20-11-14-21(15-12-20)27(31)29-19-22-7-3-6-10-26(22)32-2;/h3-16H,17-19H2,1-2H3,(H,29,31);1H. The van der Waals surface area contributed by atoms with Gasteiger partial charge in [0.15, 0.2) is 0 Å². The molecule has 0 unspecified atom stereocenters. The van der Waals surface area contributed by atoms with E-state index in [0.29, 0.717) is 12.1 Å². The Labute approximate surface area is 201 Å². The number of likely N-dealkylation sites (N-methyl/N-ethyl adjacent to an activating group) is 1. The quantitative estimate of drug-likeness (QED) is 0.562. The van der Waals surface area contributed by atoms with Gasteiger partial charge in [0.2, 0.25) is 0 Å². The van der Waals surface area contributed by atoms with Crippen molar-refractivity contribution >= 4 is 35.8 Å². The zero-order chi connectivity index (χ0) is 22.3. The van der Waals surface area contributed by atoms with Crippen molar-refractivity contribution in [2.45, 2.75) is 6.54 Å². The summed E-state index contributed by atoms with van der Waals surface area (Å²) in [6, 6.07) is 23.6. The van der Waals surface area contributed by atoms with Crippen LogP contribution in [0.3, 0.4) is 0 Å². The first kappa shape index (κ1) is 24.1. The molecule has 3 aromatic carbocycles. The predicted molar refractivity (Wildman–Crippen MR) is 138 cm³/mol. The van der Waals surface area contributed by atoms with Crippen LogP contribution < -0.4 is 15.0 Å². The summed E-state index contributed by atoms with van der Waals surface area (Å²) in [5, 5.41) is 2.95. The van der Waals surface area contributed by atoms with Gasteiger partial charge in [-0.1, -0.05) is 54.6 Å². The van der Waals surface area contributed by atoms with Gasteiger partial charge in [-0.05, 0) is 35.9 Å². The van der Waals surface area contributed by atoms with E-state index >= 15 is 0 Å². The number of methoxy groups -OCH3 is 1. The molecular weight excluding hydrogens is 434 g/mol. The van der Waals surface area contributed by atoms with Crippen molar-refractivity contribution in [3.05, 3.63) is 101 Å². The molecular formula is C27H28ClN3O2. The summed E-state index contributed by atoms with van der Waals surface area (Å²) in [4.78, 5) is 19.5. The lowest BCUT2D eigenvalue weighted by Gasteiger charge is -2.18. The Balaban J connectivity index is 0.00000306. The predicted octanol–water partition coefficient (Wildman–Crippen LogP) is 5.00. The number of rotatable bonds is 6. The number of ether oxygens (including phenoxy) is 1. The lowest BCUT2D eigenvalue weighted by Crippen LogP contribution is -2.22. The molecule has 0 fully saturated rings. The molecule has 0 bridgehead atoms. The fourth-order valence-corrected chi connectivity index (χ4v) is 3.74. The number of aliphatic imine (C=N–C) groups is 1. The van der Waals surface area contributed by atoms with Gasteiger partial charge in [-0.3, -0.25) is 9.79 Å². The Morgan fingerprint density at radius 1 is 1.03 bits per heavy atom. The second kappa shape index (κ2) is 11.3. The molecule has 33 heavy (non-hydrogen) atoms. The van der Waals surface area contributed by atoms with E-state index in [4.69, 9.17) is 9.73 Å². The molecule has 1 aliphatic heterocycles. The lowest BCUT2D eigenvalue weighted by molar-refractivity contribution is 0.0950. The number of hydrogen-bond donors (Lipinski definition) is 1. The van der Waals surface area contributed by atoms with Gasteiger partial charge in [0.1, 0.15) is 5.75 Å². The van der Waals surface area contributed by atoms with Crippen molar-refractivity contribution in [1.29, 1.82) is 0 Å². The number of halogens is 1. The third kappa shape index (κ3) is 5.82. The van der Waals surface area contributed by atoms with Gasteiger partial charge < -0.3 is 15.0 Å². The second-order valence-electron chi connectivity index (χ2n) is 7.66. The molecule has 0 spiro atoms. The van der Waals surface area contributed by atoms with Crippen molar-refractivity contribution in [1.82, 2.24) is 5.32 Å². The molecule has 5 nitrogen and oxygen atoms in total. The maximum atomic E-state index is 12.5. The number of amides is 1. The number of benzene rings is 3. The van der Waals surface area contributed by atoms with Gasteiger partial charge in [-0.15, -0.1) is 12.4 Å². The Bertz CT molecular complexity index is 1160. The van der Waals surface area contributed by atoms with Crippen LogP contribution in [0.1, 0.15) is 27.0 Å². The third-order valence-corrected chi connectivity index (χ3v) is 5.55. The topological polar surface area (TPSA) is 53.9 Å². The molecule has 0 saturated heterocycles. The summed E-state index contributed by atoms with van der Waals surface area (Å²) in [5.74, 6) is 0.652. The number of benzodiazepines with no additional fused rings is 1. The number of carbonyl (C=O) groups is 1. The fourth-order valence-electron chi connectivity index (χ4n) is 3.74. The monoisotopic (exact) mass is 461 g/mol. The van der Waals surface area contributed by atoms with E-state index in [0.717, 1.165) is 41.2 Å². The molecule has 0 saturated carbocycles. The van der Waals surface area contributed by atoms with Gasteiger partial charge in [0, 0.05) is 42.5 Å². The number of fused-ring (bicyclic) bond motifs is 1. The molecule has 170 valence electrons. The third-order valence-electron chi connectivity index (χ3n) is 5.55. The summed E-state index contributed by atoms with van der Waals surface area (Å²) in [6.45, 7) is 2.07. The molecule has 0 atom stereocenters. The molecule has 6 heteroatoms. The summed E-state index contributed by atoms with van der Waals surface area (Å²) in [7, 11) is 3.73. The first-order chi connectivity index (χ1) is 15.7. The number of para-hydroxylation sites is 2. The molecule has 4 rings (SSSR count). The Hall–Kier alpha value is -3.57. The van der Waals surface area contributed by atoms with Crippen LogP contribution in [0.25, 0.3) is 6.08 Å². The van der Waals surface area contributed by atoms with E-state index in [9.17, 15) is 4.79 Å². The SMILES string of the molecule is COc1ccccc1CNC(=O)c1ccc(C=CC2=NCCN(C)c3ccccc32)cc1.Cl. The zero-order valence-electron chi connectivity index (χ0n) is 18.8. The van der Waals surface area contributed by atoms with E-state index in [2.05, 4.69) is 41.5 Å². The van der Waals surface area contributed by atoms with Crippen molar-refractivity contribution < 1.29 is 9.53 Å². The van der Waals surface area contributed by atoms with E-state index in [1.165, 1.54) is 5.69 Å². The fraction of sp³-hybridized carbons (Fsp3) is 0.185. The van der Waals surface area contributed by atoms with Crippen molar-refractivity contribution in [3.63, 3.8) is 0 Å². The molecule has 0 aromatic heterocycles. The number of anilines is 1. The molecule has 1 heterocycles. The van der Waals surface area contributed by atoms with E-state index < -0.39 is 0 Å². The lowest BCUT2D eigenvalue weighted by atomic mass is 10.0. The first-order valence-electron chi connectivity index (χ1n) is 10.7. The second-order valence-corrected chi connectivity index (χ2v) is 7.66. The summed E-state index contributed by atoms with van der Waals surface area (Å²) in [6.07, 6.45) is 4.09. The highest BCUT2D eigenvalue weighted by Crippen LogP contribution is 2.23. The largest absolute Gasteiger partial charge is 0.496 e. The van der Waals surface area contributed by atoms with Crippen LogP contribution >= 0.6 is 12.4 Å². The number of nitrogens with one attached hydrogen (secondary N) is 1. The Kier molecular flexibility index (Phi) is 8.28. The minimum Gasteiger partial charge on any atom is -0.496 e. The van der Waals surface area contributed by atoms with E-state index in [1.54, 1.807) is 7.11 Å². The molecule has 1 aliphatic rings. The number of hydrogen-bond acceptors (Lipinski definition) is 4. The molecule has 0 radical (unpaired) electrons. The maximum Gasteiger partial charge on any atom is 0.251 e. The first-order valence-corrected chi connectivity index (χ1v) is 10.7. The van der Waals surface area contributed by atoms with Gasteiger partial charge in [0.05, 0.1) is 19.4 Å². The normalized spacial score (nSPS) is 12.9. The molecule has 1 N–H and O–H groups in total. The van der Waals surface area contributed by atoms with Crippen LogP contribution in [0.2, 0.25) is 0 Å². The van der Waals surface area contributed by atoms with Crippen LogP contribution in [-0.2, 0) is 6.54 Å². The summed E-state index contributed by atoms with van der Waals surface area (Å²) >= 11 is 0. The van der Waals surface area contributed by atoms with Crippen LogP contribution in [0, 0.1) is 0 Å². The Morgan fingerprint density at radius 3 is 2.55 bits per heavy atom. The van der Waals surface area contributed by atoms with Crippen LogP contribution in [0.4, 0.5) is 5.69 Å². The minimum atomic E-state index is -0.114. The van der Waals surface area contributed by atoms with Crippen LogP contribution in [0.5, 0.6) is 5.75 Å². The van der Waals surface area contributed by atoms with Gasteiger partial charge in [0.25, 0.3) is 5.91 Å². The van der Waals surface area contributed by atoms with Crippen LogP contribution in [-0.4, -0.2) is 38.9 Å². The summed E-state index contributed by atoms with van der Waals surface area (Å²) in [5.41, 5.74) is 5.88. The highest BCUT2D eigenvalue weighted by molar-refractivity contribution is 6.14. The number of allylic oxidation sites excluding steroid dienone is 1. The smallest absolute Gasteiger partial charge is 0.251 e. The van der Waals surface area contributed by atoms with Crippen molar-refractivity contribution in [2.75, 3.05) is 32.1 Å². The van der Waals surface area contributed by atoms with Crippen molar-refractivity contribution in [3.8, 4) is 5.75 Å². The Morgan fingerprint density at radius 2 is 1.76 bits per heavy atom. The molecule has 0 aliphatic carbocycles. The maximum absolute atomic E-state index is 12.5. The highest BCUT2D eigenvalue weighted by Gasteiger charge is 2.13. The average molecular weight is 462 g/mol. The number of nitrogens with zero attached hydrogens (tertiary/aromatic N) is 2. The summed E-state index contributed by atoms with van der Waals surface area (Å²) < 4.78 is 5.34. The highest BCUT2D eigenvalue weighted by atomic mass is 35.5. The minimum absolute atomic E-state index is 0. The molecule has 1 amide bonds. The number of carbonyl (C=O) groups excluding carboxylic acids is 1. The van der Waals surface area contributed by atoms with Gasteiger partial charge in [-0.25, -0.2) is 0 Å². The van der Waals surface area contributed by atoms with E-state index in [1.807, 2.05) is 60.7 Å². The van der Waals surface area contributed by atoms with Crippen molar-refractivity contribution in [2.24, 2.45) is 4.99 Å². The van der Waals surface area contributed by atoms with Crippen LogP contribution in [0.15, 0.2) is 83.9 Å². The average Bonchev–Trinajstić information content (AvgIpc) is 3.00.